The first-order chi connectivity index (χ1) is 7.16. The van der Waals surface area contributed by atoms with Crippen LogP contribution < -0.4 is 5.73 Å². The van der Waals surface area contributed by atoms with E-state index in [0.717, 1.165) is 18.4 Å². The fourth-order valence-electron chi connectivity index (χ4n) is 1.58. The van der Waals surface area contributed by atoms with Crippen molar-refractivity contribution in [3.63, 3.8) is 0 Å². The number of hydrogen-bond acceptors (Lipinski definition) is 1. The maximum Gasteiger partial charge on any atom is 0.0639 e. The van der Waals surface area contributed by atoms with Crippen LogP contribution in [0.25, 0.3) is 0 Å². The second-order valence-corrected chi connectivity index (χ2v) is 4.53. The third-order valence-electron chi connectivity index (χ3n) is 2.50. The predicted molar refractivity (Wildman–Crippen MR) is 67.5 cm³/mol. The molecule has 0 aromatic heterocycles. The average Bonchev–Trinajstić information content (AvgIpc) is 2.22. The van der Waals surface area contributed by atoms with Crippen molar-refractivity contribution >= 4 is 23.2 Å². The number of hydrogen-bond donors (Lipinski definition) is 1. The van der Waals surface area contributed by atoms with E-state index in [-0.39, 0.29) is 6.04 Å². The van der Waals surface area contributed by atoms with E-state index in [0.29, 0.717) is 10.0 Å². The molecule has 1 atom stereocenters. The van der Waals surface area contributed by atoms with Crippen LogP contribution in [0.3, 0.4) is 0 Å². The number of benzene rings is 1. The Labute approximate surface area is 102 Å². The second-order valence-electron chi connectivity index (χ2n) is 3.75. The Morgan fingerprint density at radius 1 is 1.27 bits per heavy atom. The first kappa shape index (κ1) is 12.8. The van der Waals surface area contributed by atoms with E-state index >= 15 is 0 Å². The van der Waals surface area contributed by atoms with Gasteiger partial charge < -0.3 is 5.73 Å². The summed E-state index contributed by atoms with van der Waals surface area (Å²) in [7, 11) is 0. The Kier molecular flexibility index (Phi) is 5.44. The molecule has 0 radical (unpaired) electrons. The fraction of sp³-hybridized carbons (Fsp3) is 0.500. The van der Waals surface area contributed by atoms with Gasteiger partial charge in [-0.1, -0.05) is 61.5 Å². The molecule has 15 heavy (non-hydrogen) atoms. The molecule has 0 bridgehead atoms. The molecule has 84 valence electrons. The highest BCUT2D eigenvalue weighted by Gasteiger charge is 2.11. The van der Waals surface area contributed by atoms with Crippen molar-refractivity contribution in [1.82, 2.24) is 0 Å². The zero-order valence-corrected chi connectivity index (χ0v) is 10.5. The van der Waals surface area contributed by atoms with Crippen molar-refractivity contribution in [1.29, 1.82) is 0 Å². The van der Waals surface area contributed by atoms with Crippen molar-refractivity contribution in [3.05, 3.63) is 33.8 Å². The van der Waals surface area contributed by atoms with Crippen LogP contribution in [-0.2, 0) is 0 Å². The largest absolute Gasteiger partial charge is 0.324 e. The maximum absolute atomic E-state index is 6.09. The van der Waals surface area contributed by atoms with Crippen molar-refractivity contribution in [3.8, 4) is 0 Å². The van der Waals surface area contributed by atoms with Gasteiger partial charge in [-0.15, -0.1) is 0 Å². The van der Waals surface area contributed by atoms with Crippen LogP contribution in [0.15, 0.2) is 18.2 Å². The molecule has 0 aliphatic heterocycles. The number of rotatable bonds is 5. The topological polar surface area (TPSA) is 26.0 Å². The molecule has 0 fully saturated rings. The Bertz CT molecular complexity index is 312. The molecule has 1 rings (SSSR count). The van der Waals surface area contributed by atoms with Gasteiger partial charge in [-0.25, -0.2) is 0 Å². The van der Waals surface area contributed by atoms with Crippen molar-refractivity contribution in [2.75, 3.05) is 0 Å². The summed E-state index contributed by atoms with van der Waals surface area (Å²) < 4.78 is 0. The zero-order valence-electron chi connectivity index (χ0n) is 8.97. The normalized spacial score (nSPS) is 12.8. The van der Waals surface area contributed by atoms with E-state index in [1.807, 2.05) is 12.1 Å². The monoisotopic (exact) mass is 245 g/mol. The highest BCUT2D eigenvalue weighted by molar-refractivity contribution is 6.42. The summed E-state index contributed by atoms with van der Waals surface area (Å²) in [6, 6.07) is 5.63. The van der Waals surface area contributed by atoms with E-state index < -0.39 is 0 Å². The lowest BCUT2D eigenvalue weighted by atomic mass is 10.0. The van der Waals surface area contributed by atoms with Crippen LogP contribution in [0.5, 0.6) is 0 Å². The summed E-state index contributed by atoms with van der Waals surface area (Å²) in [5.74, 6) is 0. The van der Waals surface area contributed by atoms with Crippen LogP contribution in [-0.4, -0.2) is 0 Å². The van der Waals surface area contributed by atoms with Gasteiger partial charge in [-0.05, 0) is 18.1 Å². The molecule has 1 aromatic carbocycles. The van der Waals surface area contributed by atoms with E-state index in [9.17, 15) is 0 Å². The van der Waals surface area contributed by atoms with Crippen LogP contribution in [0.2, 0.25) is 10.0 Å². The SMILES string of the molecule is CCCCC[C@@H](N)c1cccc(Cl)c1Cl. The lowest BCUT2D eigenvalue weighted by Gasteiger charge is -2.14. The smallest absolute Gasteiger partial charge is 0.0639 e. The second kappa shape index (κ2) is 6.37. The molecule has 0 spiro atoms. The number of nitrogens with two attached hydrogens (primary N) is 1. The van der Waals surface area contributed by atoms with Crippen molar-refractivity contribution in [2.45, 2.75) is 38.6 Å². The molecule has 0 aliphatic rings. The number of unbranched alkanes of at least 4 members (excludes halogenated alkanes) is 2. The summed E-state index contributed by atoms with van der Waals surface area (Å²) in [6.07, 6.45) is 4.52. The Morgan fingerprint density at radius 3 is 2.67 bits per heavy atom. The zero-order chi connectivity index (χ0) is 11.3. The third kappa shape index (κ3) is 3.67. The van der Waals surface area contributed by atoms with Gasteiger partial charge in [0.05, 0.1) is 10.0 Å². The van der Waals surface area contributed by atoms with Gasteiger partial charge >= 0.3 is 0 Å². The summed E-state index contributed by atoms with van der Waals surface area (Å²) in [5.41, 5.74) is 7.02. The van der Waals surface area contributed by atoms with Gasteiger partial charge in [0.15, 0.2) is 0 Å². The summed E-state index contributed by atoms with van der Waals surface area (Å²) >= 11 is 12.0. The maximum atomic E-state index is 6.09. The van der Waals surface area contributed by atoms with Gasteiger partial charge in [-0.3, -0.25) is 0 Å². The van der Waals surface area contributed by atoms with Crippen LogP contribution in [0.4, 0.5) is 0 Å². The van der Waals surface area contributed by atoms with E-state index in [1.165, 1.54) is 12.8 Å². The molecule has 2 N–H and O–H groups in total. The highest BCUT2D eigenvalue weighted by Crippen LogP contribution is 2.30. The molecule has 0 saturated heterocycles. The predicted octanol–water partition coefficient (Wildman–Crippen LogP) is 4.57. The van der Waals surface area contributed by atoms with Crippen molar-refractivity contribution in [2.24, 2.45) is 5.73 Å². The Balaban J connectivity index is 2.65. The van der Waals surface area contributed by atoms with Gasteiger partial charge in [0.1, 0.15) is 0 Å². The molecule has 1 nitrogen and oxygen atoms in total. The molecule has 0 saturated carbocycles. The minimum atomic E-state index is 0.00255. The average molecular weight is 246 g/mol. The summed E-state index contributed by atoms with van der Waals surface area (Å²) in [4.78, 5) is 0. The highest BCUT2D eigenvalue weighted by atomic mass is 35.5. The minimum Gasteiger partial charge on any atom is -0.324 e. The van der Waals surface area contributed by atoms with Gasteiger partial charge in [-0.2, -0.15) is 0 Å². The molecule has 0 heterocycles. The van der Waals surface area contributed by atoms with Gasteiger partial charge in [0.2, 0.25) is 0 Å². The molecule has 3 heteroatoms. The van der Waals surface area contributed by atoms with Gasteiger partial charge in [0.25, 0.3) is 0 Å². The standard InChI is InChI=1S/C12H17Cl2N/c1-2-3-4-8-11(15)9-6-5-7-10(13)12(9)14/h5-7,11H,2-4,8,15H2,1H3/t11-/m1/s1. The van der Waals surface area contributed by atoms with Crippen LogP contribution >= 0.6 is 23.2 Å². The van der Waals surface area contributed by atoms with Crippen molar-refractivity contribution < 1.29 is 0 Å². The van der Waals surface area contributed by atoms with E-state index in [2.05, 4.69) is 6.92 Å². The molecule has 0 unspecified atom stereocenters. The summed E-state index contributed by atoms with van der Waals surface area (Å²) in [5, 5.41) is 1.18. The first-order valence-corrected chi connectivity index (χ1v) is 6.12. The third-order valence-corrected chi connectivity index (χ3v) is 3.33. The molecule has 1 aromatic rings. The summed E-state index contributed by atoms with van der Waals surface area (Å²) in [6.45, 7) is 2.18. The quantitative estimate of drug-likeness (QED) is 0.756. The molecule has 0 aliphatic carbocycles. The van der Waals surface area contributed by atoms with Crippen LogP contribution in [0.1, 0.15) is 44.2 Å². The molecular weight excluding hydrogens is 229 g/mol. The minimum absolute atomic E-state index is 0.00255. The lowest BCUT2D eigenvalue weighted by molar-refractivity contribution is 0.581. The van der Waals surface area contributed by atoms with Gasteiger partial charge in [0, 0.05) is 6.04 Å². The first-order valence-electron chi connectivity index (χ1n) is 5.36. The fourth-order valence-corrected chi connectivity index (χ4v) is 2.02. The Morgan fingerprint density at radius 2 is 2.00 bits per heavy atom. The lowest BCUT2D eigenvalue weighted by Crippen LogP contribution is -2.10. The molecular formula is C12H17Cl2N. The van der Waals surface area contributed by atoms with E-state index in [4.69, 9.17) is 28.9 Å². The molecule has 0 amide bonds. The van der Waals surface area contributed by atoms with E-state index in [1.54, 1.807) is 6.07 Å². The van der Waals surface area contributed by atoms with Crippen LogP contribution in [0, 0.1) is 0 Å². The Hall–Kier alpha value is -0.240. The number of halogens is 2.